The van der Waals surface area contributed by atoms with Crippen molar-refractivity contribution in [3.05, 3.63) is 5.01 Å². The van der Waals surface area contributed by atoms with Crippen LogP contribution in [0.25, 0.3) is 0 Å². The molecule has 2 rings (SSSR count). The van der Waals surface area contributed by atoms with E-state index in [9.17, 15) is 22.8 Å². The van der Waals surface area contributed by atoms with Crippen LogP contribution < -0.4 is 10.6 Å². The molecule has 1 aromatic rings. The molecule has 1 atom stereocenters. The first-order chi connectivity index (χ1) is 10.2. The van der Waals surface area contributed by atoms with Crippen molar-refractivity contribution in [1.82, 2.24) is 20.4 Å². The van der Waals surface area contributed by atoms with E-state index >= 15 is 0 Å². The van der Waals surface area contributed by atoms with E-state index in [1.54, 1.807) is 13.8 Å². The molecule has 7 nitrogen and oxygen atoms in total. The topological polar surface area (TPSA) is 87.2 Å². The zero-order valence-electron chi connectivity index (χ0n) is 11.8. The SMILES string of the molecule is CC(C)C1C(=O)NCCN1C(=O)Nc1nnc(C(F)(F)F)s1. The molecule has 2 heterocycles. The zero-order valence-corrected chi connectivity index (χ0v) is 12.6. The molecule has 1 saturated heterocycles. The van der Waals surface area contributed by atoms with E-state index in [0.717, 1.165) is 0 Å². The Bertz CT molecular complexity index is 574. The molecule has 0 aromatic carbocycles. The molecule has 1 aliphatic rings. The van der Waals surface area contributed by atoms with Crippen molar-refractivity contribution in [3.8, 4) is 0 Å². The number of urea groups is 1. The van der Waals surface area contributed by atoms with Gasteiger partial charge >= 0.3 is 12.2 Å². The lowest BCUT2D eigenvalue weighted by Crippen LogP contribution is -2.60. The van der Waals surface area contributed by atoms with Crippen molar-refractivity contribution >= 4 is 28.4 Å². The summed E-state index contributed by atoms with van der Waals surface area (Å²) < 4.78 is 37.3. The summed E-state index contributed by atoms with van der Waals surface area (Å²) in [5.41, 5.74) is 0. The standard InChI is InChI=1S/C11H14F3N5O2S/c1-5(2)6-7(20)15-3-4-19(6)10(21)16-9-18-17-8(22-9)11(12,13)14/h5-6H,3-4H2,1-2H3,(H,15,20)(H,16,18,21). The summed E-state index contributed by atoms with van der Waals surface area (Å²) in [7, 11) is 0. The Balaban J connectivity index is 2.10. The van der Waals surface area contributed by atoms with Crippen molar-refractivity contribution in [2.75, 3.05) is 18.4 Å². The molecule has 22 heavy (non-hydrogen) atoms. The van der Waals surface area contributed by atoms with E-state index in [4.69, 9.17) is 0 Å². The Morgan fingerprint density at radius 2 is 2.14 bits per heavy atom. The summed E-state index contributed by atoms with van der Waals surface area (Å²) in [6.07, 6.45) is -4.61. The maximum Gasteiger partial charge on any atom is 0.445 e. The van der Waals surface area contributed by atoms with Gasteiger partial charge in [0.1, 0.15) is 6.04 Å². The third-order valence-electron chi connectivity index (χ3n) is 3.03. The van der Waals surface area contributed by atoms with Crippen LogP contribution in [0.15, 0.2) is 0 Å². The van der Waals surface area contributed by atoms with Crippen LogP contribution in [0.2, 0.25) is 0 Å². The molecule has 0 radical (unpaired) electrons. The van der Waals surface area contributed by atoms with Gasteiger partial charge in [-0.15, -0.1) is 10.2 Å². The highest BCUT2D eigenvalue weighted by molar-refractivity contribution is 7.15. The second-order valence-electron chi connectivity index (χ2n) is 5.01. The van der Waals surface area contributed by atoms with Gasteiger partial charge in [0, 0.05) is 13.1 Å². The molecular weight excluding hydrogens is 323 g/mol. The van der Waals surface area contributed by atoms with E-state index in [1.807, 2.05) is 0 Å². The Morgan fingerprint density at radius 3 is 2.68 bits per heavy atom. The van der Waals surface area contributed by atoms with Gasteiger partial charge in [-0.05, 0) is 5.92 Å². The lowest BCUT2D eigenvalue weighted by atomic mass is 10.0. The molecule has 122 valence electrons. The summed E-state index contributed by atoms with van der Waals surface area (Å²) in [6, 6.07) is -1.35. The summed E-state index contributed by atoms with van der Waals surface area (Å²) in [4.78, 5) is 25.3. The highest BCUT2D eigenvalue weighted by Gasteiger charge is 2.37. The summed E-state index contributed by atoms with van der Waals surface area (Å²) in [5, 5.41) is 9.80. The minimum atomic E-state index is -4.61. The smallest absolute Gasteiger partial charge is 0.353 e. The maximum atomic E-state index is 12.4. The fourth-order valence-corrected chi connectivity index (χ4v) is 2.73. The second kappa shape index (κ2) is 6.07. The van der Waals surface area contributed by atoms with E-state index in [1.165, 1.54) is 4.90 Å². The van der Waals surface area contributed by atoms with Crippen LogP contribution in [0.4, 0.5) is 23.1 Å². The van der Waals surface area contributed by atoms with Crippen molar-refractivity contribution in [2.45, 2.75) is 26.1 Å². The van der Waals surface area contributed by atoms with Crippen LogP contribution >= 0.6 is 11.3 Å². The molecule has 0 aliphatic carbocycles. The average Bonchev–Trinajstić information content (AvgIpc) is 2.86. The van der Waals surface area contributed by atoms with Gasteiger partial charge in [-0.1, -0.05) is 25.2 Å². The van der Waals surface area contributed by atoms with Gasteiger partial charge < -0.3 is 10.2 Å². The molecule has 0 bridgehead atoms. The third-order valence-corrected chi connectivity index (χ3v) is 3.91. The van der Waals surface area contributed by atoms with Crippen molar-refractivity contribution in [2.24, 2.45) is 5.92 Å². The van der Waals surface area contributed by atoms with Crippen molar-refractivity contribution in [3.63, 3.8) is 0 Å². The number of amides is 3. The van der Waals surface area contributed by atoms with Gasteiger partial charge in [-0.2, -0.15) is 13.2 Å². The Morgan fingerprint density at radius 1 is 1.45 bits per heavy atom. The van der Waals surface area contributed by atoms with Crippen LogP contribution in [0, 0.1) is 5.92 Å². The molecule has 1 aromatic heterocycles. The van der Waals surface area contributed by atoms with Crippen LogP contribution in [0.5, 0.6) is 0 Å². The molecule has 11 heteroatoms. The van der Waals surface area contributed by atoms with E-state index in [-0.39, 0.29) is 34.8 Å². The average molecular weight is 337 g/mol. The van der Waals surface area contributed by atoms with Crippen molar-refractivity contribution < 1.29 is 22.8 Å². The monoisotopic (exact) mass is 337 g/mol. The van der Waals surface area contributed by atoms with E-state index in [0.29, 0.717) is 6.54 Å². The largest absolute Gasteiger partial charge is 0.445 e. The van der Waals surface area contributed by atoms with Gasteiger partial charge in [0.25, 0.3) is 0 Å². The number of halogens is 3. The van der Waals surface area contributed by atoms with Gasteiger partial charge in [0.05, 0.1) is 0 Å². The van der Waals surface area contributed by atoms with Gasteiger partial charge in [0.15, 0.2) is 0 Å². The lowest BCUT2D eigenvalue weighted by Gasteiger charge is -2.36. The number of rotatable bonds is 2. The summed E-state index contributed by atoms with van der Waals surface area (Å²) in [5.74, 6) is -0.421. The number of piperazine rings is 1. The fourth-order valence-electron chi connectivity index (χ4n) is 2.13. The Hall–Kier alpha value is -1.91. The first-order valence-electron chi connectivity index (χ1n) is 6.46. The van der Waals surface area contributed by atoms with Gasteiger partial charge in [-0.25, -0.2) is 4.79 Å². The highest BCUT2D eigenvalue weighted by atomic mass is 32.1. The maximum absolute atomic E-state index is 12.4. The first-order valence-corrected chi connectivity index (χ1v) is 7.28. The normalized spacial score (nSPS) is 19.3. The third kappa shape index (κ3) is 3.46. The number of nitrogens with zero attached hydrogens (tertiary/aromatic N) is 3. The minimum absolute atomic E-state index is 0.133. The summed E-state index contributed by atoms with van der Waals surface area (Å²) in [6.45, 7) is 4.12. The predicted molar refractivity (Wildman–Crippen MR) is 72.3 cm³/mol. The quantitative estimate of drug-likeness (QED) is 0.857. The van der Waals surface area contributed by atoms with Crippen LogP contribution in [0.3, 0.4) is 0 Å². The number of carbonyl (C=O) groups is 2. The lowest BCUT2D eigenvalue weighted by molar-refractivity contribution is -0.138. The molecular formula is C11H14F3N5O2S. The number of anilines is 1. The molecule has 1 fully saturated rings. The predicted octanol–water partition coefficient (Wildman–Crippen LogP) is 1.55. The second-order valence-corrected chi connectivity index (χ2v) is 5.99. The number of hydrogen-bond donors (Lipinski definition) is 2. The molecule has 0 spiro atoms. The van der Waals surface area contributed by atoms with Gasteiger partial charge in [0.2, 0.25) is 16.0 Å². The number of aromatic nitrogens is 2. The molecule has 0 saturated carbocycles. The van der Waals surface area contributed by atoms with E-state index in [2.05, 4.69) is 20.8 Å². The minimum Gasteiger partial charge on any atom is -0.353 e. The van der Waals surface area contributed by atoms with Crippen molar-refractivity contribution in [1.29, 1.82) is 0 Å². The fraction of sp³-hybridized carbons (Fsp3) is 0.636. The number of nitrogens with one attached hydrogen (secondary N) is 2. The molecule has 3 amide bonds. The van der Waals surface area contributed by atoms with Crippen LogP contribution in [-0.2, 0) is 11.0 Å². The zero-order chi connectivity index (χ0) is 16.5. The first kappa shape index (κ1) is 16.5. The van der Waals surface area contributed by atoms with Crippen LogP contribution in [0.1, 0.15) is 18.9 Å². The number of alkyl halides is 3. The van der Waals surface area contributed by atoms with Gasteiger partial charge in [-0.3, -0.25) is 10.1 Å². The number of carbonyl (C=O) groups excluding carboxylic acids is 2. The Labute approximate surface area is 127 Å². The number of hydrogen-bond acceptors (Lipinski definition) is 5. The summed E-state index contributed by atoms with van der Waals surface area (Å²) >= 11 is 0.236. The molecule has 1 unspecified atom stereocenters. The Kier molecular flexibility index (Phi) is 4.54. The molecule has 1 aliphatic heterocycles. The van der Waals surface area contributed by atoms with Crippen LogP contribution in [-0.4, -0.2) is 46.2 Å². The van der Waals surface area contributed by atoms with E-state index < -0.39 is 23.3 Å². The highest BCUT2D eigenvalue weighted by Crippen LogP contribution is 2.33. The molecule has 2 N–H and O–H groups in total.